The highest BCUT2D eigenvalue weighted by Crippen LogP contribution is 2.58. The largest absolute Gasteiger partial charge is 0.310 e. The van der Waals surface area contributed by atoms with Crippen LogP contribution >= 0.6 is 0 Å². The molecule has 2 heteroatoms. The molecule has 82 heavy (non-hydrogen) atoms. The summed E-state index contributed by atoms with van der Waals surface area (Å²) in [6, 6.07) is 122. The zero-order chi connectivity index (χ0) is 54.8. The molecule has 0 amide bonds. The maximum Gasteiger partial charge on any atom is 0.0714 e. The molecule has 13 aromatic rings. The number of nitrogens with zero attached hydrogens (tertiary/aromatic N) is 2. The van der Waals surface area contributed by atoms with E-state index in [9.17, 15) is 0 Å². The normalized spacial score (nSPS) is 12.1. The van der Waals surface area contributed by atoms with Gasteiger partial charge in [-0.05, 0) is 186 Å². The molecule has 0 radical (unpaired) electrons. The van der Waals surface area contributed by atoms with E-state index in [2.05, 4.69) is 350 Å². The quantitative estimate of drug-likeness (QED) is 0.114. The van der Waals surface area contributed by atoms with Gasteiger partial charge in [-0.1, -0.05) is 249 Å². The van der Waals surface area contributed by atoms with Crippen LogP contribution in [0.15, 0.2) is 334 Å². The summed E-state index contributed by atoms with van der Waals surface area (Å²) >= 11 is 0. The molecule has 0 atom stereocenters. The van der Waals surface area contributed by atoms with E-state index in [-0.39, 0.29) is 0 Å². The summed E-state index contributed by atoms with van der Waals surface area (Å²) in [5.41, 5.74) is 26.6. The van der Waals surface area contributed by atoms with Crippen molar-refractivity contribution in [3.05, 3.63) is 361 Å². The Morgan fingerprint density at radius 2 is 0.561 bits per heavy atom. The summed E-state index contributed by atoms with van der Waals surface area (Å²) in [6.45, 7) is 2.25. The Labute approximate surface area is 481 Å². The van der Waals surface area contributed by atoms with Crippen LogP contribution in [0.4, 0.5) is 34.1 Å². The Morgan fingerprint density at radius 1 is 0.220 bits per heavy atom. The van der Waals surface area contributed by atoms with Crippen LogP contribution in [-0.4, -0.2) is 0 Å². The molecule has 0 aromatic heterocycles. The Hall–Kier alpha value is -10.5. The standard InChI is InChI=1S/C80H58N2/c1-57-25-23-42-77-79(57)72-52-51-71(54-78(72)80(77,64-33-15-5-16-34-64)65-35-17-6-18-36-65)82(67-39-21-8-22-40-67)69-49-45-62(46-50-69)76-56-73(59-28-11-3-12-29-59)75(55-74(76)60-30-13-4-14-31-60)61-43-47-68(48-44-61)81(66-37-19-7-20-38-66)70-41-24-32-63(53-70)58-26-9-2-10-27-58/h2-56H,1H3. The van der Waals surface area contributed by atoms with Gasteiger partial charge >= 0.3 is 0 Å². The summed E-state index contributed by atoms with van der Waals surface area (Å²) in [7, 11) is 0. The van der Waals surface area contributed by atoms with E-state index in [0.717, 1.165) is 61.9 Å². The Morgan fingerprint density at radius 3 is 1.02 bits per heavy atom. The molecule has 388 valence electrons. The van der Waals surface area contributed by atoms with Gasteiger partial charge in [0.25, 0.3) is 0 Å². The van der Waals surface area contributed by atoms with Crippen molar-refractivity contribution in [2.75, 3.05) is 9.80 Å². The van der Waals surface area contributed by atoms with Crippen molar-refractivity contribution in [3.63, 3.8) is 0 Å². The number of fused-ring (bicyclic) bond motifs is 3. The van der Waals surface area contributed by atoms with Gasteiger partial charge in [0.15, 0.2) is 0 Å². The molecule has 1 aliphatic carbocycles. The topological polar surface area (TPSA) is 6.48 Å². The molecule has 0 unspecified atom stereocenters. The highest BCUT2D eigenvalue weighted by molar-refractivity contribution is 5.97. The van der Waals surface area contributed by atoms with E-state index >= 15 is 0 Å². The van der Waals surface area contributed by atoms with Crippen molar-refractivity contribution < 1.29 is 0 Å². The van der Waals surface area contributed by atoms with Crippen molar-refractivity contribution in [2.45, 2.75) is 12.3 Å². The van der Waals surface area contributed by atoms with Gasteiger partial charge in [0.1, 0.15) is 0 Å². The van der Waals surface area contributed by atoms with Crippen LogP contribution < -0.4 is 9.80 Å². The van der Waals surface area contributed by atoms with Crippen LogP contribution in [0.2, 0.25) is 0 Å². The number of rotatable bonds is 13. The maximum absolute atomic E-state index is 2.46. The minimum atomic E-state index is -0.530. The number of benzene rings is 13. The lowest BCUT2D eigenvalue weighted by Crippen LogP contribution is -2.28. The van der Waals surface area contributed by atoms with Crippen LogP contribution in [0.25, 0.3) is 66.8 Å². The fraction of sp³-hybridized carbons (Fsp3) is 0.0250. The number of hydrogen-bond acceptors (Lipinski definition) is 2. The minimum absolute atomic E-state index is 0.530. The lowest BCUT2D eigenvalue weighted by Gasteiger charge is -2.35. The third-order valence-corrected chi connectivity index (χ3v) is 16.5. The summed E-state index contributed by atoms with van der Waals surface area (Å²) < 4.78 is 0. The number of para-hydroxylation sites is 2. The Bertz CT molecular complexity index is 4300. The molecular formula is C80H58N2. The minimum Gasteiger partial charge on any atom is -0.310 e. The molecule has 0 heterocycles. The first-order chi connectivity index (χ1) is 40.6. The molecule has 0 saturated heterocycles. The van der Waals surface area contributed by atoms with Crippen LogP contribution in [0, 0.1) is 6.92 Å². The van der Waals surface area contributed by atoms with Crippen LogP contribution in [0.1, 0.15) is 27.8 Å². The van der Waals surface area contributed by atoms with Gasteiger partial charge in [-0.25, -0.2) is 0 Å². The fourth-order valence-corrected chi connectivity index (χ4v) is 12.7. The summed E-state index contributed by atoms with van der Waals surface area (Å²) in [4.78, 5) is 4.77. The van der Waals surface area contributed by atoms with Crippen molar-refractivity contribution in [2.24, 2.45) is 0 Å². The molecule has 0 spiro atoms. The van der Waals surface area contributed by atoms with Gasteiger partial charge in [-0.15, -0.1) is 0 Å². The van der Waals surface area contributed by atoms with Crippen molar-refractivity contribution in [1.29, 1.82) is 0 Å². The van der Waals surface area contributed by atoms with Crippen LogP contribution in [0.5, 0.6) is 0 Å². The molecule has 0 saturated carbocycles. The van der Waals surface area contributed by atoms with Gasteiger partial charge in [-0.2, -0.15) is 0 Å². The number of hydrogen-bond donors (Lipinski definition) is 0. The predicted octanol–water partition coefficient (Wildman–Crippen LogP) is 21.6. The fourth-order valence-electron chi connectivity index (χ4n) is 12.7. The molecule has 13 aromatic carbocycles. The summed E-state index contributed by atoms with van der Waals surface area (Å²) in [6.07, 6.45) is 0. The number of aryl methyl sites for hydroxylation is 1. The Kier molecular flexibility index (Phi) is 13.1. The first-order valence-electron chi connectivity index (χ1n) is 28.3. The van der Waals surface area contributed by atoms with Gasteiger partial charge in [0.2, 0.25) is 0 Å². The summed E-state index contributed by atoms with van der Waals surface area (Å²) in [5.74, 6) is 0. The van der Waals surface area contributed by atoms with Crippen molar-refractivity contribution >= 4 is 34.1 Å². The zero-order valence-corrected chi connectivity index (χ0v) is 45.6. The lowest BCUT2D eigenvalue weighted by atomic mass is 9.67. The molecule has 1 aliphatic rings. The van der Waals surface area contributed by atoms with Gasteiger partial charge in [0, 0.05) is 34.1 Å². The monoisotopic (exact) mass is 1050 g/mol. The smallest absolute Gasteiger partial charge is 0.0714 e. The van der Waals surface area contributed by atoms with Gasteiger partial charge in [-0.3, -0.25) is 0 Å². The third-order valence-electron chi connectivity index (χ3n) is 16.5. The first-order valence-corrected chi connectivity index (χ1v) is 28.3. The van der Waals surface area contributed by atoms with Crippen molar-refractivity contribution in [3.8, 4) is 66.8 Å². The highest BCUT2D eigenvalue weighted by atomic mass is 15.1. The maximum atomic E-state index is 2.46. The number of anilines is 6. The zero-order valence-electron chi connectivity index (χ0n) is 45.6. The second-order valence-corrected chi connectivity index (χ2v) is 21.2. The van der Waals surface area contributed by atoms with E-state index in [1.165, 1.54) is 66.8 Å². The van der Waals surface area contributed by atoms with E-state index in [1.54, 1.807) is 0 Å². The molecule has 0 aliphatic heterocycles. The molecule has 0 fully saturated rings. The average Bonchev–Trinajstić information content (AvgIpc) is 1.87. The SMILES string of the molecule is Cc1cccc2c1-c1ccc(N(c3ccccc3)c3ccc(-c4cc(-c5ccccc5)c(-c5ccc(N(c6ccccc6)c6cccc(-c7ccccc7)c6)cc5)cc4-c4ccccc4)cc3)cc1C2(c1ccccc1)c1ccccc1. The van der Waals surface area contributed by atoms with E-state index in [4.69, 9.17) is 0 Å². The lowest BCUT2D eigenvalue weighted by molar-refractivity contribution is 0.768. The predicted molar refractivity (Wildman–Crippen MR) is 345 cm³/mol. The van der Waals surface area contributed by atoms with Gasteiger partial charge < -0.3 is 9.80 Å². The third kappa shape index (κ3) is 8.97. The average molecular weight is 1050 g/mol. The van der Waals surface area contributed by atoms with Crippen molar-refractivity contribution in [1.82, 2.24) is 0 Å². The van der Waals surface area contributed by atoms with Crippen LogP contribution in [-0.2, 0) is 5.41 Å². The molecule has 0 bridgehead atoms. The van der Waals surface area contributed by atoms with E-state index in [0.29, 0.717) is 0 Å². The molecular weight excluding hydrogens is 989 g/mol. The first kappa shape index (κ1) is 49.7. The molecule has 0 N–H and O–H groups in total. The van der Waals surface area contributed by atoms with E-state index < -0.39 is 5.41 Å². The molecule has 2 nitrogen and oxygen atoms in total. The van der Waals surface area contributed by atoms with E-state index in [1.807, 2.05) is 0 Å². The van der Waals surface area contributed by atoms with Crippen LogP contribution in [0.3, 0.4) is 0 Å². The highest BCUT2D eigenvalue weighted by Gasteiger charge is 2.47. The Balaban J connectivity index is 0.892. The second-order valence-electron chi connectivity index (χ2n) is 21.2. The second kappa shape index (κ2) is 21.6. The molecule has 14 rings (SSSR count). The van der Waals surface area contributed by atoms with Gasteiger partial charge in [0.05, 0.1) is 5.41 Å². The summed E-state index contributed by atoms with van der Waals surface area (Å²) in [5, 5.41) is 0.